The SMILES string of the molecule is NC(=N[C@@H](Cc1ccc(Cl)cc1Cl)C(=O)NCCN1C(=O)c2ccccc2C1=O)NC(=O)Cc1cccc(Oc2ccccc2)c1. The van der Waals surface area contributed by atoms with Gasteiger partial charge in [-0.3, -0.25) is 29.4 Å². The van der Waals surface area contributed by atoms with Gasteiger partial charge in [-0.25, -0.2) is 4.99 Å². The minimum Gasteiger partial charge on any atom is -0.457 e. The van der Waals surface area contributed by atoms with Gasteiger partial charge in [0.1, 0.15) is 17.5 Å². The number of para-hydroxylation sites is 1. The van der Waals surface area contributed by atoms with E-state index < -0.39 is 29.7 Å². The second-order valence-electron chi connectivity index (χ2n) is 10.4. The van der Waals surface area contributed by atoms with Crippen LogP contribution in [0.4, 0.5) is 0 Å². The number of nitrogens with zero attached hydrogens (tertiary/aromatic N) is 2. The molecule has 10 nitrogen and oxygen atoms in total. The molecule has 0 radical (unpaired) electrons. The van der Waals surface area contributed by atoms with Crippen LogP contribution in [0, 0.1) is 0 Å². The molecule has 1 aliphatic rings. The van der Waals surface area contributed by atoms with Crippen LogP contribution in [-0.4, -0.2) is 53.6 Å². The first-order valence-corrected chi connectivity index (χ1v) is 15.1. The largest absolute Gasteiger partial charge is 0.457 e. The Bertz CT molecular complexity index is 1780. The molecule has 0 aliphatic carbocycles. The third-order valence-electron chi connectivity index (χ3n) is 7.05. The number of carbonyl (C=O) groups is 4. The Morgan fingerprint density at radius 3 is 2.22 bits per heavy atom. The van der Waals surface area contributed by atoms with E-state index in [0.29, 0.717) is 43.8 Å². The fourth-order valence-corrected chi connectivity index (χ4v) is 5.35. The topological polar surface area (TPSA) is 143 Å². The number of guanidine groups is 1. The molecule has 12 heteroatoms. The lowest BCUT2D eigenvalue weighted by atomic mass is 10.1. The summed E-state index contributed by atoms with van der Waals surface area (Å²) in [5.41, 5.74) is 7.97. The van der Waals surface area contributed by atoms with Gasteiger partial charge in [-0.1, -0.05) is 71.7 Å². The molecule has 0 spiro atoms. The molecule has 1 aliphatic heterocycles. The number of imide groups is 1. The number of hydrogen-bond donors (Lipinski definition) is 3. The minimum atomic E-state index is -1.11. The van der Waals surface area contributed by atoms with Gasteiger partial charge in [0.05, 0.1) is 17.5 Å². The van der Waals surface area contributed by atoms with E-state index in [0.717, 1.165) is 4.90 Å². The monoisotopic (exact) mass is 657 g/mol. The number of nitrogens with two attached hydrogens (primary N) is 1. The zero-order chi connectivity index (χ0) is 32.6. The number of amides is 4. The lowest BCUT2D eigenvalue weighted by Crippen LogP contribution is -2.44. The first kappa shape index (κ1) is 32.2. The molecule has 46 heavy (non-hydrogen) atoms. The molecule has 1 atom stereocenters. The molecule has 4 aromatic rings. The molecular weight excluding hydrogens is 629 g/mol. The van der Waals surface area contributed by atoms with Gasteiger partial charge >= 0.3 is 0 Å². The van der Waals surface area contributed by atoms with E-state index in [1.54, 1.807) is 66.7 Å². The van der Waals surface area contributed by atoms with Gasteiger partial charge in [0.15, 0.2) is 5.96 Å². The Kier molecular flexibility index (Phi) is 10.3. The van der Waals surface area contributed by atoms with Crippen LogP contribution >= 0.6 is 23.2 Å². The van der Waals surface area contributed by atoms with Crippen LogP contribution in [0.15, 0.2) is 102 Å². The molecule has 0 saturated carbocycles. The number of aliphatic imine (C=N–C) groups is 1. The minimum absolute atomic E-state index is 0.0254. The van der Waals surface area contributed by atoms with Gasteiger partial charge in [-0.15, -0.1) is 0 Å². The summed E-state index contributed by atoms with van der Waals surface area (Å²) in [5, 5.41) is 5.99. The number of halogens is 2. The number of rotatable bonds is 11. The summed E-state index contributed by atoms with van der Waals surface area (Å²) in [6.07, 6.45) is 0.00661. The van der Waals surface area contributed by atoms with E-state index in [9.17, 15) is 19.2 Å². The van der Waals surface area contributed by atoms with E-state index in [4.69, 9.17) is 33.7 Å². The number of ether oxygens (including phenoxy) is 1. The van der Waals surface area contributed by atoms with Gasteiger partial charge in [-0.05, 0) is 59.7 Å². The van der Waals surface area contributed by atoms with Crippen molar-refractivity contribution < 1.29 is 23.9 Å². The fourth-order valence-electron chi connectivity index (χ4n) is 4.86. The molecule has 4 aromatic carbocycles. The first-order chi connectivity index (χ1) is 22.2. The fraction of sp³-hybridized carbons (Fsp3) is 0.147. The maximum Gasteiger partial charge on any atom is 0.261 e. The Morgan fingerprint density at radius 1 is 0.848 bits per heavy atom. The Labute approximate surface area is 275 Å². The Balaban J connectivity index is 1.23. The van der Waals surface area contributed by atoms with Crippen molar-refractivity contribution in [2.75, 3.05) is 13.1 Å². The van der Waals surface area contributed by atoms with Crippen LogP contribution < -0.4 is 21.1 Å². The Hall–Kier alpha value is -5.19. The summed E-state index contributed by atoms with van der Waals surface area (Å²) in [5.74, 6) is -0.904. The number of fused-ring (bicyclic) bond motifs is 1. The molecule has 0 fully saturated rings. The maximum atomic E-state index is 13.3. The van der Waals surface area contributed by atoms with Gasteiger partial charge < -0.3 is 15.8 Å². The van der Waals surface area contributed by atoms with E-state index >= 15 is 0 Å². The zero-order valence-corrected chi connectivity index (χ0v) is 25.9. The Morgan fingerprint density at radius 2 is 1.52 bits per heavy atom. The highest BCUT2D eigenvalue weighted by Crippen LogP contribution is 2.24. The normalized spacial score (nSPS) is 13.3. The highest BCUT2D eigenvalue weighted by atomic mass is 35.5. The van der Waals surface area contributed by atoms with E-state index in [1.165, 1.54) is 0 Å². The summed E-state index contributed by atoms with van der Waals surface area (Å²) in [6.45, 7) is -0.0756. The van der Waals surface area contributed by atoms with Crippen molar-refractivity contribution in [1.82, 2.24) is 15.5 Å². The van der Waals surface area contributed by atoms with Gasteiger partial charge in [0.25, 0.3) is 11.8 Å². The van der Waals surface area contributed by atoms with Crippen molar-refractivity contribution >= 4 is 52.8 Å². The summed E-state index contributed by atoms with van der Waals surface area (Å²) >= 11 is 12.4. The average Bonchev–Trinajstić information content (AvgIpc) is 3.27. The van der Waals surface area contributed by atoms with Crippen LogP contribution in [-0.2, 0) is 22.4 Å². The van der Waals surface area contributed by atoms with Crippen molar-refractivity contribution in [2.24, 2.45) is 10.7 Å². The molecule has 234 valence electrons. The lowest BCUT2D eigenvalue weighted by Gasteiger charge is -2.18. The van der Waals surface area contributed by atoms with Crippen molar-refractivity contribution in [2.45, 2.75) is 18.9 Å². The second-order valence-corrected chi connectivity index (χ2v) is 11.2. The van der Waals surface area contributed by atoms with Crippen LogP contribution in [0.2, 0.25) is 10.0 Å². The number of carbonyl (C=O) groups excluding carboxylic acids is 4. The van der Waals surface area contributed by atoms with Gasteiger partial charge in [0, 0.05) is 29.6 Å². The summed E-state index contributed by atoms with van der Waals surface area (Å²) in [4.78, 5) is 56.9. The van der Waals surface area contributed by atoms with Gasteiger partial charge in [-0.2, -0.15) is 0 Å². The molecule has 0 bridgehead atoms. The van der Waals surface area contributed by atoms with E-state index in [-0.39, 0.29) is 31.9 Å². The quantitative estimate of drug-likeness (QED) is 0.120. The summed E-state index contributed by atoms with van der Waals surface area (Å²) in [7, 11) is 0. The molecule has 0 unspecified atom stereocenters. The van der Waals surface area contributed by atoms with Crippen LogP contribution in [0.25, 0.3) is 0 Å². The average molecular weight is 659 g/mol. The standard InChI is InChI=1S/C34H29Cl2N5O5/c35-23-14-13-22(28(36)20-23)19-29(31(43)38-15-16-41-32(44)26-11-4-5-12-27(26)33(41)45)39-34(37)40-30(42)18-21-7-6-10-25(17-21)46-24-8-2-1-3-9-24/h1-14,17,20,29H,15-16,18-19H2,(H,38,43)(H3,37,39,40,42)/t29-/m0/s1. The molecule has 0 saturated heterocycles. The molecule has 4 N–H and O–H groups in total. The third-order valence-corrected chi connectivity index (χ3v) is 7.64. The van der Waals surface area contributed by atoms with E-state index in [2.05, 4.69) is 15.6 Å². The highest BCUT2D eigenvalue weighted by molar-refractivity contribution is 6.35. The first-order valence-electron chi connectivity index (χ1n) is 14.3. The van der Waals surface area contributed by atoms with Crippen molar-refractivity contribution in [3.05, 3.63) is 129 Å². The van der Waals surface area contributed by atoms with Crippen LogP contribution in [0.5, 0.6) is 11.5 Å². The second kappa shape index (κ2) is 14.7. The number of hydrogen-bond acceptors (Lipinski definition) is 6. The molecule has 5 rings (SSSR count). The zero-order valence-electron chi connectivity index (χ0n) is 24.4. The predicted octanol–water partition coefficient (Wildman–Crippen LogP) is 4.78. The number of nitrogens with one attached hydrogen (secondary N) is 2. The van der Waals surface area contributed by atoms with Crippen LogP contribution in [0.1, 0.15) is 31.8 Å². The molecule has 1 heterocycles. The summed E-state index contributed by atoms with van der Waals surface area (Å²) in [6, 6.07) is 26.6. The van der Waals surface area contributed by atoms with Crippen molar-refractivity contribution in [1.29, 1.82) is 0 Å². The van der Waals surface area contributed by atoms with Crippen molar-refractivity contribution in [3.63, 3.8) is 0 Å². The molecule has 0 aromatic heterocycles. The lowest BCUT2D eigenvalue weighted by molar-refractivity contribution is -0.122. The van der Waals surface area contributed by atoms with Crippen molar-refractivity contribution in [3.8, 4) is 11.5 Å². The number of benzene rings is 4. The third kappa shape index (κ3) is 8.09. The van der Waals surface area contributed by atoms with E-state index in [1.807, 2.05) is 30.3 Å². The smallest absolute Gasteiger partial charge is 0.261 e. The molecular formula is C34H29Cl2N5O5. The highest BCUT2D eigenvalue weighted by Gasteiger charge is 2.34. The van der Waals surface area contributed by atoms with Crippen LogP contribution in [0.3, 0.4) is 0 Å². The summed E-state index contributed by atoms with van der Waals surface area (Å²) < 4.78 is 5.84. The predicted molar refractivity (Wildman–Crippen MR) is 175 cm³/mol. The molecule has 4 amide bonds. The maximum absolute atomic E-state index is 13.3. The van der Waals surface area contributed by atoms with Gasteiger partial charge in [0.2, 0.25) is 11.8 Å².